The van der Waals surface area contributed by atoms with Gasteiger partial charge in [0.25, 0.3) is 0 Å². The first-order valence-electron chi connectivity index (χ1n) is 11.7. The van der Waals surface area contributed by atoms with Crippen molar-refractivity contribution in [1.29, 1.82) is 0 Å². The van der Waals surface area contributed by atoms with E-state index in [4.69, 9.17) is 4.74 Å². The molecule has 0 amide bonds. The van der Waals surface area contributed by atoms with Crippen LogP contribution in [0.3, 0.4) is 0 Å². The van der Waals surface area contributed by atoms with E-state index in [2.05, 4.69) is 38.7 Å². The van der Waals surface area contributed by atoms with Crippen molar-refractivity contribution in [2.24, 2.45) is 11.8 Å². The summed E-state index contributed by atoms with van der Waals surface area (Å²) in [5, 5.41) is 10.0. The maximum atomic E-state index is 12.2. The highest BCUT2D eigenvalue weighted by atomic mass is 32.1. The molecule has 2 fully saturated rings. The third kappa shape index (κ3) is 4.53. The molecule has 1 N–H and O–H groups in total. The van der Waals surface area contributed by atoms with Crippen molar-refractivity contribution in [3.8, 4) is 0 Å². The number of aromatic carboxylic acids is 1. The van der Waals surface area contributed by atoms with Crippen LogP contribution < -0.4 is 0 Å². The summed E-state index contributed by atoms with van der Waals surface area (Å²) >= 11 is 1.47. The molecular weight excluding hydrogens is 394 g/mol. The van der Waals surface area contributed by atoms with Gasteiger partial charge in [0, 0.05) is 36.2 Å². The lowest BCUT2D eigenvalue weighted by molar-refractivity contribution is 0.0701. The Bertz CT molecular complexity index is 805. The summed E-state index contributed by atoms with van der Waals surface area (Å²) in [6, 6.07) is 2.67. The normalized spacial score (nSPS) is 28.9. The van der Waals surface area contributed by atoms with Crippen LogP contribution in [-0.2, 0) is 10.2 Å². The highest BCUT2D eigenvalue weighted by molar-refractivity contribution is 7.14. The van der Waals surface area contributed by atoms with E-state index in [1.54, 1.807) is 5.57 Å². The monoisotopic (exact) mass is 431 g/mol. The van der Waals surface area contributed by atoms with Crippen LogP contribution in [0.15, 0.2) is 11.6 Å². The lowest BCUT2D eigenvalue weighted by Crippen LogP contribution is -2.41. The van der Waals surface area contributed by atoms with Gasteiger partial charge in [0.05, 0.1) is 6.61 Å². The summed E-state index contributed by atoms with van der Waals surface area (Å²) in [7, 11) is 0. The lowest BCUT2D eigenvalue weighted by Gasteiger charge is -2.38. The molecule has 0 aromatic carbocycles. The minimum atomic E-state index is -0.782. The summed E-state index contributed by atoms with van der Waals surface area (Å²) < 4.78 is 5.67. The molecule has 30 heavy (non-hydrogen) atoms. The molecule has 3 aliphatic rings. The maximum Gasteiger partial charge on any atom is 0.346 e. The Morgan fingerprint density at radius 1 is 1.20 bits per heavy atom. The molecule has 0 spiro atoms. The molecule has 1 unspecified atom stereocenters. The van der Waals surface area contributed by atoms with Crippen LogP contribution in [0.5, 0.6) is 0 Å². The van der Waals surface area contributed by atoms with E-state index in [-0.39, 0.29) is 5.41 Å². The van der Waals surface area contributed by atoms with Gasteiger partial charge in [-0.05, 0) is 54.6 Å². The molecule has 1 atom stereocenters. The number of carboxylic acid groups (broad SMARTS) is 1. The van der Waals surface area contributed by atoms with E-state index < -0.39 is 5.97 Å². The van der Waals surface area contributed by atoms with Gasteiger partial charge in [-0.25, -0.2) is 4.79 Å². The second-order valence-electron chi connectivity index (χ2n) is 10.6. The molecule has 1 aromatic rings. The van der Waals surface area contributed by atoms with Crippen molar-refractivity contribution in [2.45, 2.75) is 77.7 Å². The second-order valence-corrected chi connectivity index (χ2v) is 11.7. The van der Waals surface area contributed by atoms with E-state index in [9.17, 15) is 9.90 Å². The molecule has 4 nitrogen and oxygen atoms in total. The summed E-state index contributed by atoms with van der Waals surface area (Å²) in [6.07, 6.45) is 7.27. The zero-order chi connectivity index (χ0) is 21.5. The molecule has 2 aliphatic heterocycles. The first kappa shape index (κ1) is 22.0. The molecule has 1 saturated carbocycles. The van der Waals surface area contributed by atoms with Gasteiger partial charge in [-0.1, -0.05) is 46.1 Å². The van der Waals surface area contributed by atoms with Crippen LogP contribution in [0.4, 0.5) is 0 Å². The molecule has 1 aliphatic carbocycles. The zero-order valence-corrected chi connectivity index (χ0v) is 19.8. The maximum absolute atomic E-state index is 12.2. The molecule has 1 saturated heterocycles. The van der Waals surface area contributed by atoms with Gasteiger partial charge in [0.15, 0.2) is 0 Å². The number of ether oxygens (including phenoxy) is 1. The molecular formula is C25H37NO3S. The summed E-state index contributed by atoms with van der Waals surface area (Å²) in [4.78, 5) is 16.5. The molecule has 166 valence electrons. The number of carboxylic acids is 1. The van der Waals surface area contributed by atoms with Crippen molar-refractivity contribution in [1.82, 2.24) is 4.90 Å². The van der Waals surface area contributed by atoms with Crippen LogP contribution in [0.1, 0.15) is 86.3 Å². The first-order chi connectivity index (χ1) is 14.2. The van der Waals surface area contributed by atoms with Crippen LogP contribution in [0.2, 0.25) is 0 Å². The number of hydrogen-bond acceptors (Lipinski definition) is 4. The van der Waals surface area contributed by atoms with Crippen LogP contribution in [0.25, 0.3) is 5.57 Å². The molecule has 3 heterocycles. The van der Waals surface area contributed by atoms with Crippen molar-refractivity contribution in [3.05, 3.63) is 27.0 Å². The zero-order valence-electron chi connectivity index (χ0n) is 19.0. The Labute approximate surface area is 185 Å². The van der Waals surface area contributed by atoms with Crippen molar-refractivity contribution in [2.75, 3.05) is 26.3 Å². The lowest BCUT2D eigenvalue weighted by atomic mass is 9.75. The van der Waals surface area contributed by atoms with Gasteiger partial charge in [-0.2, -0.15) is 0 Å². The van der Waals surface area contributed by atoms with Gasteiger partial charge >= 0.3 is 5.97 Å². The van der Waals surface area contributed by atoms with Crippen molar-refractivity contribution < 1.29 is 14.6 Å². The third-order valence-electron chi connectivity index (χ3n) is 7.34. The van der Waals surface area contributed by atoms with E-state index in [0.29, 0.717) is 16.8 Å². The minimum absolute atomic E-state index is 0.0399. The van der Waals surface area contributed by atoms with Crippen LogP contribution in [-0.4, -0.2) is 48.3 Å². The fourth-order valence-electron chi connectivity index (χ4n) is 5.38. The topological polar surface area (TPSA) is 49.8 Å². The average molecular weight is 432 g/mol. The van der Waals surface area contributed by atoms with Crippen molar-refractivity contribution in [3.63, 3.8) is 0 Å². The number of carbonyl (C=O) groups is 1. The van der Waals surface area contributed by atoms with E-state index >= 15 is 0 Å². The van der Waals surface area contributed by atoms with Gasteiger partial charge in [-0.3, -0.25) is 4.90 Å². The Balaban J connectivity index is 1.75. The fourth-order valence-corrected chi connectivity index (χ4v) is 6.46. The van der Waals surface area contributed by atoms with Crippen LogP contribution >= 0.6 is 11.3 Å². The van der Waals surface area contributed by atoms with Crippen molar-refractivity contribution >= 4 is 22.9 Å². The summed E-state index contributed by atoms with van der Waals surface area (Å²) in [6.45, 7) is 12.5. The number of thiophene rings is 1. The Kier molecular flexibility index (Phi) is 6.43. The second kappa shape index (κ2) is 8.76. The van der Waals surface area contributed by atoms with Gasteiger partial charge in [0.2, 0.25) is 0 Å². The van der Waals surface area contributed by atoms with E-state index in [0.717, 1.165) is 50.6 Å². The molecule has 1 aromatic heterocycles. The molecule has 4 rings (SSSR count). The highest BCUT2D eigenvalue weighted by Crippen LogP contribution is 2.44. The smallest absolute Gasteiger partial charge is 0.346 e. The van der Waals surface area contributed by atoms with E-state index in [1.165, 1.54) is 47.5 Å². The summed E-state index contributed by atoms with van der Waals surface area (Å²) in [5.41, 5.74) is 3.83. The first-order valence-corrected chi connectivity index (χ1v) is 12.5. The van der Waals surface area contributed by atoms with Gasteiger partial charge in [-0.15, -0.1) is 11.3 Å². The Morgan fingerprint density at radius 2 is 1.93 bits per heavy atom. The quantitative estimate of drug-likeness (QED) is 0.653. The van der Waals surface area contributed by atoms with Crippen LogP contribution in [0, 0.1) is 11.8 Å². The number of rotatable bonds is 4. The number of nitrogens with zero attached hydrogens (tertiary/aromatic N) is 1. The standard InChI is InChI=1S/C25H37NO3S/c1-16-5-7-17(8-6-16)19-9-11-26(18-10-12-29-15-18)14-21(19)20-13-22(25(2,3)4)30-23(20)24(27)28/h13,16-18H,5-12,14-15H2,1-4H3,(H,27,28). The fraction of sp³-hybridized carbons (Fsp3) is 0.720. The van der Waals surface area contributed by atoms with E-state index in [1.807, 2.05) is 0 Å². The largest absolute Gasteiger partial charge is 0.477 e. The molecule has 5 heteroatoms. The molecule has 0 radical (unpaired) electrons. The highest BCUT2D eigenvalue weighted by Gasteiger charge is 2.34. The predicted octanol–water partition coefficient (Wildman–Crippen LogP) is 5.82. The Morgan fingerprint density at radius 3 is 2.53 bits per heavy atom. The third-order valence-corrected chi connectivity index (χ3v) is 8.89. The summed E-state index contributed by atoms with van der Waals surface area (Å²) in [5.74, 6) is 0.665. The van der Waals surface area contributed by atoms with Gasteiger partial charge < -0.3 is 9.84 Å². The average Bonchev–Trinajstić information content (AvgIpc) is 3.38. The van der Waals surface area contributed by atoms with Gasteiger partial charge in [0.1, 0.15) is 4.88 Å². The Hall–Kier alpha value is -1.17. The minimum Gasteiger partial charge on any atom is -0.477 e. The molecule has 0 bridgehead atoms. The number of hydrogen-bond donors (Lipinski definition) is 1. The predicted molar refractivity (Wildman–Crippen MR) is 123 cm³/mol. The SMILES string of the molecule is CC1CCC(C2=C(c3cc(C(C)(C)C)sc3C(=O)O)CN(C3CCOC3)CC2)CC1.